The number of hydrogen-bond donors (Lipinski definition) is 6. The van der Waals surface area contributed by atoms with Gasteiger partial charge in [0.1, 0.15) is 6.20 Å². The van der Waals surface area contributed by atoms with Gasteiger partial charge in [-0.3, -0.25) is 14.3 Å². The third kappa shape index (κ3) is 6.93. The molecule has 0 spiro atoms. The van der Waals surface area contributed by atoms with Gasteiger partial charge < -0.3 is 29.4 Å². The Bertz CT molecular complexity index is 1230. The van der Waals surface area contributed by atoms with Crippen LogP contribution in [0.3, 0.4) is 0 Å². The number of alkyl halides is 1. The monoisotopic (exact) mass is 569 g/mol. The number of hydrogen-bond acceptors (Lipinski definition) is 11. The van der Waals surface area contributed by atoms with Crippen LogP contribution in [0.2, 0.25) is 0 Å². The average molecular weight is 570 g/mol. The Balaban J connectivity index is 2.38. The molecule has 1 fully saturated rings. The Labute approximate surface area is 195 Å². The van der Waals surface area contributed by atoms with Crippen LogP contribution in [0.4, 0.5) is 0 Å². The van der Waals surface area contributed by atoms with Gasteiger partial charge in [0.05, 0.1) is 18.8 Å². The van der Waals surface area contributed by atoms with E-state index in [1.54, 1.807) is 0 Å². The van der Waals surface area contributed by atoms with Crippen molar-refractivity contribution in [2.24, 2.45) is 5.92 Å². The second-order valence-corrected chi connectivity index (χ2v) is 11.7. The molecule has 0 radical (unpaired) electrons. The van der Waals surface area contributed by atoms with E-state index in [1.165, 1.54) is 6.92 Å². The first-order valence-corrected chi connectivity index (χ1v) is 13.7. The molecule has 1 aromatic rings. The molecule has 1 aromatic heterocycles. The Morgan fingerprint density at radius 3 is 2.38 bits per heavy atom. The number of rotatable bonds is 9. The van der Waals surface area contributed by atoms with Crippen LogP contribution < -0.4 is 11.2 Å². The summed E-state index contributed by atoms with van der Waals surface area (Å²) >= 11 is 6.58. The highest BCUT2D eigenvalue weighted by atomic mass is 35.5. The number of halogens is 1. The number of aliphatic hydroxyl groups is 1. The van der Waals surface area contributed by atoms with Gasteiger partial charge in [0.2, 0.25) is 0 Å². The summed E-state index contributed by atoms with van der Waals surface area (Å²) in [6.45, 7) is 1.69. The van der Waals surface area contributed by atoms with Crippen LogP contribution in [0.1, 0.15) is 20.1 Å². The Morgan fingerprint density at radius 1 is 1.26 bits per heavy atom. The molecule has 1 saturated heterocycles. The van der Waals surface area contributed by atoms with Gasteiger partial charge in [0, 0.05) is 5.92 Å². The van der Waals surface area contributed by atoms with Gasteiger partial charge >= 0.3 is 29.2 Å². The van der Waals surface area contributed by atoms with Crippen LogP contribution in [-0.2, 0) is 31.6 Å². The maximum atomic E-state index is 12.2. The zero-order valence-electron chi connectivity index (χ0n) is 17.1. The van der Waals surface area contributed by atoms with E-state index in [0.29, 0.717) is 4.68 Å². The maximum Gasteiger partial charge on any atom is 0.490 e. The van der Waals surface area contributed by atoms with Crippen molar-refractivity contribution in [3.8, 4) is 11.8 Å². The van der Waals surface area contributed by atoms with Crippen molar-refractivity contribution in [1.82, 2.24) is 14.8 Å². The van der Waals surface area contributed by atoms with Crippen LogP contribution in [0.25, 0.3) is 0 Å². The standard InChI is InChI=1S/C13H19ClN3O14P3/c1-3-4-13(14)8(6-18)10(28-11(13)17-12(20)16-9(19)5-15-17)7(2)29-33(24,25)31-34(26,27)30-32(21,22)23/h5,7-8,10-11,18H,6H2,1-2H3,(H,24,25)(H,26,27)(H,16,19,20)(H2,21,22,23)/t7-,8?,10+,11+,13?/m0/s1. The minimum Gasteiger partial charge on any atom is -0.396 e. The molecule has 34 heavy (non-hydrogen) atoms. The molecule has 1 aliphatic rings. The van der Waals surface area contributed by atoms with Gasteiger partial charge in [-0.05, 0) is 13.8 Å². The third-order valence-corrected chi connectivity index (χ3v) is 8.72. The lowest BCUT2D eigenvalue weighted by atomic mass is 9.87. The fourth-order valence-corrected chi connectivity index (χ4v) is 6.75. The predicted molar refractivity (Wildman–Crippen MR) is 110 cm³/mol. The Hall–Kier alpha value is -1.21. The van der Waals surface area contributed by atoms with Gasteiger partial charge in [-0.1, -0.05) is 17.5 Å². The number of aromatic nitrogens is 3. The zero-order chi connectivity index (χ0) is 26.1. The lowest BCUT2D eigenvalue weighted by molar-refractivity contribution is -0.0709. The molecule has 0 saturated carbocycles. The van der Waals surface area contributed by atoms with Gasteiger partial charge in [-0.2, -0.15) is 18.4 Å². The first kappa shape index (κ1) is 29.0. The number of aliphatic hydroxyl groups excluding tert-OH is 1. The number of ether oxygens (including phenoxy) is 1. The molecule has 6 N–H and O–H groups in total. The summed E-state index contributed by atoms with van der Waals surface area (Å²) < 4.78 is 52.7. The van der Waals surface area contributed by atoms with Crippen LogP contribution in [-0.4, -0.2) is 63.1 Å². The number of aromatic amines is 1. The second kappa shape index (κ2) is 10.4. The molecule has 4 unspecified atom stereocenters. The van der Waals surface area contributed by atoms with Crippen LogP contribution in [0, 0.1) is 17.8 Å². The van der Waals surface area contributed by atoms with Gasteiger partial charge in [0.25, 0.3) is 5.56 Å². The Kier molecular flexibility index (Phi) is 8.89. The number of phosphoric ester groups is 1. The first-order chi connectivity index (χ1) is 15.4. The second-order valence-electron chi connectivity index (χ2n) is 6.67. The summed E-state index contributed by atoms with van der Waals surface area (Å²) in [5, 5.41) is 13.6. The van der Waals surface area contributed by atoms with E-state index in [1.807, 2.05) is 4.98 Å². The molecule has 2 heterocycles. The summed E-state index contributed by atoms with van der Waals surface area (Å²) in [5.74, 6) is 3.80. The van der Waals surface area contributed by atoms with E-state index in [2.05, 4.69) is 25.6 Å². The molecule has 17 nitrogen and oxygen atoms in total. The molecule has 0 bridgehead atoms. The maximum absolute atomic E-state index is 12.2. The highest BCUT2D eigenvalue weighted by Crippen LogP contribution is 2.67. The number of H-pyrrole nitrogens is 1. The normalized spacial score (nSPS) is 29.5. The molecule has 0 aliphatic carbocycles. The van der Waals surface area contributed by atoms with Crippen molar-refractivity contribution < 1.29 is 56.3 Å². The number of nitrogens with zero attached hydrogens (tertiary/aromatic N) is 2. The minimum atomic E-state index is -5.78. The van der Waals surface area contributed by atoms with E-state index in [0.717, 1.165) is 13.1 Å². The topological polar surface area (TPSA) is 257 Å². The van der Waals surface area contributed by atoms with Crippen molar-refractivity contribution in [2.45, 2.75) is 37.2 Å². The van der Waals surface area contributed by atoms with Crippen molar-refractivity contribution in [2.75, 3.05) is 6.61 Å². The van der Waals surface area contributed by atoms with Crippen molar-refractivity contribution >= 4 is 35.1 Å². The molecule has 0 aromatic carbocycles. The van der Waals surface area contributed by atoms with Crippen LogP contribution in [0.15, 0.2) is 15.8 Å². The zero-order valence-corrected chi connectivity index (χ0v) is 20.6. The summed E-state index contributed by atoms with van der Waals surface area (Å²) in [6.07, 6.45) is -3.87. The summed E-state index contributed by atoms with van der Waals surface area (Å²) in [5.41, 5.74) is -1.89. The fourth-order valence-electron chi connectivity index (χ4n) is 3.12. The lowest BCUT2D eigenvalue weighted by Gasteiger charge is -2.28. The third-order valence-electron chi connectivity index (χ3n) is 4.23. The molecular weight excluding hydrogens is 551 g/mol. The van der Waals surface area contributed by atoms with Crippen LogP contribution >= 0.6 is 35.1 Å². The SMILES string of the molecule is CC#CC1(Cl)C(CO)[C@@H]([C@H](C)OP(=O)(O)OP(=O)(O)OP(=O)(O)O)O[C@H]1n1ncc(=O)[nH]c1=O. The lowest BCUT2D eigenvalue weighted by Crippen LogP contribution is -2.44. The molecule has 2 rings (SSSR count). The predicted octanol–water partition coefficient (Wildman–Crippen LogP) is -0.830. The van der Waals surface area contributed by atoms with E-state index in [4.69, 9.17) is 30.6 Å². The van der Waals surface area contributed by atoms with Crippen molar-refractivity contribution in [1.29, 1.82) is 0 Å². The average Bonchev–Trinajstić information content (AvgIpc) is 2.90. The summed E-state index contributed by atoms with van der Waals surface area (Å²) in [7, 11) is -16.9. The summed E-state index contributed by atoms with van der Waals surface area (Å²) in [6, 6.07) is 0. The largest absolute Gasteiger partial charge is 0.490 e. The molecule has 0 amide bonds. The van der Waals surface area contributed by atoms with Crippen LogP contribution in [0.5, 0.6) is 0 Å². The smallest absolute Gasteiger partial charge is 0.396 e. The molecular formula is C13H19ClN3O14P3. The van der Waals surface area contributed by atoms with E-state index in [-0.39, 0.29) is 0 Å². The van der Waals surface area contributed by atoms with E-state index in [9.17, 15) is 38.2 Å². The highest BCUT2D eigenvalue weighted by Gasteiger charge is 2.59. The molecule has 1 aliphatic heterocycles. The number of nitrogens with one attached hydrogen (secondary N) is 1. The quantitative estimate of drug-likeness (QED) is 0.120. The molecule has 192 valence electrons. The van der Waals surface area contributed by atoms with Crippen molar-refractivity contribution in [3.63, 3.8) is 0 Å². The van der Waals surface area contributed by atoms with E-state index < -0.39 is 70.6 Å². The Morgan fingerprint density at radius 2 is 1.88 bits per heavy atom. The van der Waals surface area contributed by atoms with Crippen molar-refractivity contribution in [3.05, 3.63) is 27.0 Å². The van der Waals surface area contributed by atoms with E-state index >= 15 is 0 Å². The summed E-state index contributed by atoms with van der Waals surface area (Å²) in [4.78, 5) is 59.8. The number of phosphoric acid groups is 3. The van der Waals surface area contributed by atoms with Gasteiger partial charge in [0.15, 0.2) is 11.1 Å². The minimum absolute atomic E-state index is 0.610. The fraction of sp³-hybridized carbons (Fsp3) is 0.615. The molecule has 21 heteroatoms. The highest BCUT2D eigenvalue weighted by molar-refractivity contribution is 7.66. The van der Waals surface area contributed by atoms with Gasteiger partial charge in [-0.25, -0.2) is 18.5 Å². The molecule has 7 atom stereocenters. The van der Waals surface area contributed by atoms with Gasteiger partial charge in [-0.15, -0.1) is 5.92 Å². The first-order valence-electron chi connectivity index (χ1n) is 8.84.